The Labute approximate surface area is 92.6 Å². The van der Waals surface area contributed by atoms with E-state index in [1.165, 1.54) is 0 Å². The summed E-state index contributed by atoms with van der Waals surface area (Å²) in [6.45, 7) is 10.2. The Hall–Kier alpha value is -0.770. The van der Waals surface area contributed by atoms with Crippen molar-refractivity contribution in [2.24, 2.45) is 11.7 Å². The van der Waals surface area contributed by atoms with Crippen LogP contribution in [0.4, 0.5) is 4.79 Å². The van der Waals surface area contributed by atoms with Gasteiger partial charge in [0.05, 0.1) is 11.6 Å². The largest absolute Gasteiger partial charge is 0.447 e. The molecule has 4 nitrogen and oxygen atoms in total. The second-order valence-corrected chi connectivity index (χ2v) is 4.94. The molecule has 0 aliphatic carbocycles. The molecule has 0 aliphatic rings. The molecule has 0 aromatic heterocycles. The number of hydrogen-bond acceptors (Lipinski definition) is 3. The lowest BCUT2D eigenvalue weighted by atomic mass is 9.91. The maximum atomic E-state index is 11.4. The Bertz CT molecular complexity index is 205. The van der Waals surface area contributed by atoms with Crippen LogP contribution in [0.2, 0.25) is 0 Å². The molecule has 0 saturated heterocycles. The summed E-state index contributed by atoms with van der Waals surface area (Å²) < 4.78 is 5.02. The van der Waals surface area contributed by atoms with Crippen LogP contribution in [0.1, 0.15) is 41.0 Å². The molecule has 0 rings (SSSR count). The van der Waals surface area contributed by atoms with E-state index in [0.717, 1.165) is 6.42 Å². The van der Waals surface area contributed by atoms with E-state index >= 15 is 0 Å². The number of hydrogen-bond donors (Lipinski definition) is 2. The fourth-order valence-corrected chi connectivity index (χ4v) is 1.58. The molecule has 0 bridgehead atoms. The highest BCUT2D eigenvalue weighted by molar-refractivity contribution is 5.68. The summed E-state index contributed by atoms with van der Waals surface area (Å²) in [6.07, 6.45) is 0.348. The Kier molecular flexibility index (Phi) is 5.65. The predicted molar refractivity (Wildman–Crippen MR) is 61.7 cm³/mol. The normalized spacial score (nSPS) is 15.2. The first-order valence-corrected chi connectivity index (χ1v) is 5.48. The highest BCUT2D eigenvalue weighted by Gasteiger charge is 2.26. The highest BCUT2D eigenvalue weighted by atomic mass is 16.6. The van der Waals surface area contributed by atoms with Crippen LogP contribution in [-0.4, -0.2) is 24.3 Å². The molecule has 0 aliphatic heterocycles. The second-order valence-electron chi connectivity index (χ2n) is 4.94. The van der Waals surface area contributed by atoms with Gasteiger partial charge in [-0.05, 0) is 33.1 Å². The van der Waals surface area contributed by atoms with Crippen LogP contribution in [0.5, 0.6) is 0 Å². The van der Waals surface area contributed by atoms with Crippen molar-refractivity contribution in [2.45, 2.75) is 52.7 Å². The van der Waals surface area contributed by atoms with E-state index in [9.17, 15) is 4.79 Å². The minimum absolute atomic E-state index is 0.105. The second kappa shape index (κ2) is 5.95. The van der Waals surface area contributed by atoms with Crippen LogP contribution in [-0.2, 0) is 4.74 Å². The molecule has 0 aromatic carbocycles. The average Bonchev–Trinajstić information content (AvgIpc) is 2.00. The number of carbonyl (C=O) groups is 1. The SMILES string of the molecule is CC(C)CC(C)(CN)NC(=O)OC(C)C. The zero-order valence-corrected chi connectivity index (χ0v) is 10.5. The van der Waals surface area contributed by atoms with Crippen LogP contribution >= 0.6 is 0 Å². The average molecular weight is 216 g/mol. The Morgan fingerprint density at radius 1 is 1.40 bits per heavy atom. The minimum atomic E-state index is -0.390. The molecule has 1 atom stereocenters. The summed E-state index contributed by atoms with van der Waals surface area (Å²) in [7, 11) is 0. The Morgan fingerprint density at radius 2 is 1.93 bits per heavy atom. The van der Waals surface area contributed by atoms with Crippen molar-refractivity contribution < 1.29 is 9.53 Å². The zero-order chi connectivity index (χ0) is 12.1. The summed E-state index contributed by atoms with van der Waals surface area (Å²) in [5, 5.41) is 2.82. The molecule has 1 unspecified atom stereocenters. The molecule has 0 aromatic rings. The molecule has 0 heterocycles. The maximum absolute atomic E-state index is 11.4. The topological polar surface area (TPSA) is 64.3 Å². The van der Waals surface area contributed by atoms with Crippen LogP contribution in [0.15, 0.2) is 0 Å². The molecule has 0 fully saturated rings. The monoisotopic (exact) mass is 216 g/mol. The van der Waals surface area contributed by atoms with Crippen molar-refractivity contribution in [3.8, 4) is 0 Å². The van der Waals surface area contributed by atoms with Gasteiger partial charge in [0.25, 0.3) is 0 Å². The standard InChI is InChI=1S/C11H24N2O2/c1-8(2)6-11(5,7-12)13-10(14)15-9(3)4/h8-9H,6-7,12H2,1-5H3,(H,13,14). The summed E-state index contributed by atoms with van der Waals surface area (Å²) in [5.74, 6) is 0.484. The number of nitrogens with two attached hydrogens (primary N) is 1. The molecule has 0 spiro atoms. The Morgan fingerprint density at radius 3 is 2.27 bits per heavy atom. The van der Waals surface area contributed by atoms with Gasteiger partial charge >= 0.3 is 6.09 Å². The third-order valence-corrected chi connectivity index (χ3v) is 2.06. The fraction of sp³-hybridized carbons (Fsp3) is 0.909. The smallest absolute Gasteiger partial charge is 0.407 e. The van der Waals surface area contributed by atoms with Gasteiger partial charge in [0, 0.05) is 6.54 Å². The molecule has 4 heteroatoms. The van der Waals surface area contributed by atoms with E-state index in [1.54, 1.807) is 0 Å². The molecule has 15 heavy (non-hydrogen) atoms. The van der Waals surface area contributed by atoms with Crippen LogP contribution in [0.25, 0.3) is 0 Å². The lowest BCUT2D eigenvalue weighted by Crippen LogP contribution is -2.52. The van der Waals surface area contributed by atoms with Crippen LogP contribution in [0, 0.1) is 5.92 Å². The zero-order valence-electron chi connectivity index (χ0n) is 10.5. The number of rotatable bonds is 5. The van der Waals surface area contributed by atoms with E-state index in [0.29, 0.717) is 12.5 Å². The van der Waals surface area contributed by atoms with E-state index in [1.807, 2.05) is 20.8 Å². The van der Waals surface area contributed by atoms with Gasteiger partial charge in [0.1, 0.15) is 0 Å². The van der Waals surface area contributed by atoms with E-state index in [4.69, 9.17) is 10.5 Å². The first-order chi connectivity index (χ1) is 6.79. The number of amides is 1. The Balaban J connectivity index is 4.24. The minimum Gasteiger partial charge on any atom is -0.447 e. The molecular weight excluding hydrogens is 192 g/mol. The molecule has 0 radical (unpaired) electrons. The van der Waals surface area contributed by atoms with Crippen molar-refractivity contribution in [1.82, 2.24) is 5.32 Å². The molecule has 1 amide bonds. The van der Waals surface area contributed by atoms with Gasteiger partial charge in [-0.3, -0.25) is 0 Å². The number of nitrogens with one attached hydrogen (secondary N) is 1. The number of carbonyl (C=O) groups excluding carboxylic acids is 1. The van der Waals surface area contributed by atoms with Gasteiger partial charge in [-0.2, -0.15) is 0 Å². The van der Waals surface area contributed by atoms with E-state index in [-0.39, 0.29) is 11.6 Å². The summed E-state index contributed by atoms with van der Waals surface area (Å²) in [5.41, 5.74) is 5.29. The van der Waals surface area contributed by atoms with Crippen LogP contribution < -0.4 is 11.1 Å². The van der Waals surface area contributed by atoms with Crippen molar-refractivity contribution in [3.05, 3.63) is 0 Å². The summed E-state index contributed by atoms with van der Waals surface area (Å²) in [6, 6.07) is 0. The maximum Gasteiger partial charge on any atom is 0.407 e. The highest BCUT2D eigenvalue weighted by Crippen LogP contribution is 2.15. The van der Waals surface area contributed by atoms with Crippen molar-refractivity contribution in [3.63, 3.8) is 0 Å². The quantitative estimate of drug-likeness (QED) is 0.737. The fourth-order valence-electron chi connectivity index (χ4n) is 1.58. The first-order valence-electron chi connectivity index (χ1n) is 5.48. The lowest BCUT2D eigenvalue weighted by molar-refractivity contribution is 0.104. The molecule has 3 N–H and O–H groups in total. The van der Waals surface area contributed by atoms with E-state index in [2.05, 4.69) is 19.2 Å². The predicted octanol–water partition coefficient (Wildman–Crippen LogP) is 1.88. The summed E-state index contributed by atoms with van der Waals surface area (Å²) in [4.78, 5) is 11.4. The third kappa shape index (κ3) is 6.33. The van der Waals surface area contributed by atoms with E-state index < -0.39 is 6.09 Å². The lowest BCUT2D eigenvalue weighted by Gasteiger charge is -2.30. The van der Waals surface area contributed by atoms with Gasteiger partial charge in [-0.15, -0.1) is 0 Å². The molecule has 0 saturated carbocycles. The van der Waals surface area contributed by atoms with Gasteiger partial charge in [0.15, 0.2) is 0 Å². The summed E-state index contributed by atoms with van der Waals surface area (Å²) >= 11 is 0. The van der Waals surface area contributed by atoms with Gasteiger partial charge in [-0.1, -0.05) is 13.8 Å². The van der Waals surface area contributed by atoms with Crippen molar-refractivity contribution >= 4 is 6.09 Å². The third-order valence-electron chi connectivity index (χ3n) is 2.06. The number of alkyl carbamates (subject to hydrolysis) is 1. The number of ether oxygens (including phenoxy) is 1. The first kappa shape index (κ1) is 14.2. The van der Waals surface area contributed by atoms with Crippen molar-refractivity contribution in [1.29, 1.82) is 0 Å². The molecular formula is C11H24N2O2. The van der Waals surface area contributed by atoms with Crippen molar-refractivity contribution in [2.75, 3.05) is 6.54 Å². The van der Waals surface area contributed by atoms with Crippen LogP contribution in [0.3, 0.4) is 0 Å². The van der Waals surface area contributed by atoms with Gasteiger partial charge in [0.2, 0.25) is 0 Å². The van der Waals surface area contributed by atoms with Gasteiger partial charge < -0.3 is 15.8 Å². The molecule has 90 valence electrons. The van der Waals surface area contributed by atoms with Gasteiger partial charge in [-0.25, -0.2) is 4.79 Å².